The first-order chi connectivity index (χ1) is 8.86. The van der Waals surface area contributed by atoms with Crippen molar-refractivity contribution in [3.63, 3.8) is 0 Å². The zero-order valence-corrected chi connectivity index (χ0v) is 12.5. The zero-order valence-electron chi connectivity index (χ0n) is 10.9. The second-order valence-corrected chi connectivity index (χ2v) is 6.77. The Kier molecular flexibility index (Phi) is 4.59. The van der Waals surface area contributed by atoms with Crippen molar-refractivity contribution < 1.29 is 13.2 Å². The highest BCUT2D eigenvalue weighted by Gasteiger charge is 2.30. The molecular formula is C15H18BrF3. The molecule has 4 heteroatoms. The minimum atomic E-state index is -4.24. The van der Waals surface area contributed by atoms with Crippen LogP contribution in [0.3, 0.4) is 0 Å². The van der Waals surface area contributed by atoms with Crippen LogP contribution in [-0.4, -0.2) is 4.83 Å². The molecule has 0 spiro atoms. The van der Waals surface area contributed by atoms with Gasteiger partial charge in [-0.05, 0) is 55.2 Å². The molecule has 19 heavy (non-hydrogen) atoms. The van der Waals surface area contributed by atoms with E-state index in [4.69, 9.17) is 0 Å². The molecule has 1 saturated carbocycles. The predicted octanol–water partition coefficient (Wildman–Crippen LogP) is 5.45. The smallest absolute Gasteiger partial charge is 0.166 e. The first-order valence-corrected chi connectivity index (χ1v) is 7.58. The largest absolute Gasteiger partial charge is 0.416 e. The summed E-state index contributed by atoms with van der Waals surface area (Å²) in [5, 5.41) is 0. The van der Waals surface area contributed by atoms with Crippen molar-refractivity contribution >= 4 is 15.9 Å². The molecule has 0 nitrogen and oxygen atoms in total. The summed E-state index contributed by atoms with van der Waals surface area (Å²) in [5.41, 5.74) is 0.431. The van der Waals surface area contributed by atoms with Crippen molar-refractivity contribution in [2.24, 2.45) is 11.8 Å². The van der Waals surface area contributed by atoms with Gasteiger partial charge in [0.05, 0.1) is 5.56 Å². The molecule has 2 rings (SSSR count). The normalized spacial score (nSPS) is 28.4. The van der Waals surface area contributed by atoms with Gasteiger partial charge in [0.15, 0.2) is 0 Å². The molecule has 1 aromatic carbocycles. The maximum Gasteiger partial charge on any atom is 0.416 e. The lowest BCUT2D eigenvalue weighted by molar-refractivity contribution is -0.137. The van der Waals surface area contributed by atoms with Crippen molar-refractivity contribution in [1.82, 2.24) is 0 Å². The van der Waals surface area contributed by atoms with E-state index in [-0.39, 0.29) is 0 Å². The van der Waals surface area contributed by atoms with Gasteiger partial charge in [0.2, 0.25) is 0 Å². The molecule has 0 saturated heterocycles. The fraction of sp³-hybridized carbons (Fsp3) is 0.600. The van der Waals surface area contributed by atoms with Crippen LogP contribution in [0.15, 0.2) is 24.3 Å². The SMILES string of the molecule is CC1CCC(Br)C(Cc2ccc(C(F)(F)F)cc2)C1. The first kappa shape index (κ1) is 14.9. The molecule has 0 bridgehead atoms. The third kappa shape index (κ3) is 3.98. The molecule has 0 heterocycles. The van der Waals surface area contributed by atoms with Crippen LogP contribution in [0, 0.1) is 11.8 Å². The van der Waals surface area contributed by atoms with Gasteiger partial charge in [-0.2, -0.15) is 13.2 Å². The van der Waals surface area contributed by atoms with Crippen LogP contribution in [0.2, 0.25) is 0 Å². The molecule has 0 radical (unpaired) electrons. The maximum absolute atomic E-state index is 12.5. The quantitative estimate of drug-likeness (QED) is 0.631. The molecule has 0 aliphatic heterocycles. The maximum atomic E-state index is 12.5. The fourth-order valence-corrected chi connectivity index (χ4v) is 3.47. The minimum absolute atomic E-state index is 0.492. The first-order valence-electron chi connectivity index (χ1n) is 6.66. The van der Waals surface area contributed by atoms with Gasteiger partial charge in [-0.1, -0.05) is 35.0 Å². The van der Waals surface area contributed by atoms with E-state index in [1.165, 1.54) is 18.6 Å². The number of benzene rings is 1. The van der Waals surface area contributed by atoms with Crippen LogP contribution in [-0.2, 0) is 12.6 Å². The highest BCUT2D eigenvalue weighted by atomic mass is 79.9. The summed E-state index contributed by atoms with van der Waals surface area (Å²) >= 11 is 3.71. The van der Waals surface area contributed by atoms with Crippen LogP contribution < -0.4 is 0 Å². The van der Waals surface area contributed by atoms with Gasteiger partial charge in [-0.25, -0.2) is 0 Å². The lowest BCUT2D eigenvalue weighted by Gasteiger charge is -2.31. The van der Waals surface area contributed by atoms with E-state index in [1.54, 1.807) is 12.1 Å². The Balaban J connectivity index is 2.03. The molecular weight excluding hydrogens is 317 g/mol. The molecule has 106 valence electrons. The van der Waals surface area contributed by atoms with E-state index < -0.39 is 11.7 Å². The molecule has 1 aliphatic carbocycles. The Labute approximate surface area is 120 Å². The Morgan fingerprint density at radius 1 is 1.16 bits per heavy atom. The van der Waals surface area contributed by atoms with Crippen molar-refractivity contribution in [1.29, 1.82) is 0 Å². The number of hydrogen-bond donors (Lipinski definition) is 0. The average Bonchev–Trinajstić information content (AvgIpc) is 2.33. The molecule has 3 atom stereocenters. The van der Waals surface area contributed by atoms with E-state index in [9.17, 15) is 13.2 Å². The van der Waals surface area contributed by atoms with E-state index in [1.807, 2.05) is 0 Å². The van der Waals surface area contributed by atoms with E-state index in [0.717, 1.165) is 24.8 Å². The number of hydrogen-bond acceptors (Lipinski definition) is 0. The molecule has 0 N–H and O–H groups in total. The average molecular weight is 335 g/mol. The fourth-order valence-electron chi connectivity index (χ4n) is 2.81. The third-order valence-corrected chi connectivity index (χ3v) is 5.14. The standard InChI is InChI=1S/C15H18BrF3/c1-10-2-7-14(16)12(8-10)9-11-3-5-13(6-4-11)15(17,18)19/h3-6,10,12,14H,2,7-9H2,1H3. The van der Waals surface area contributed by atoms with Crippen molar-refractivity contribution in [3.05, 3.63) is 35.4 Å². The van der Waals surface area contributed by atoms with Crippen molar-refractivity contribution in [2.75, 3.05) is 0 Å². The zero-order chi connectivity index (χ0) is 14.0. The van der Waals surface area contributed by atoms with Crippen LogP contribution >= 0.6 is 15.9 Å². The van der Waals surface area contributed by atoms with Crippen LogP contribution in [0.5, 0.6) is 0 Å². The van der Waals surface area contributed by atoms with Gasteiger partial charge in [0.25, 0.3) is 0 Å². The van der Waals surface area contributed by atoms with Gasteiger partial charge >= 0.3 is 6.18 Å². The summed E-state index contributed by atoms with van der Waals surface area (Å²) in [4.78, 5) is 0.492. The molecule has 1 fully saturated rings. The predicted molar refractivity (Wildman–Crippen MR) is 74.4 cm³/mol. The highest BCUT2D eigenvalue weighted by molar-refractivity contribution is 9.09. The Hall–Kier alpha value is -0.510. The van der Waals surface area contributed by atoms with Crippen LogP contribution in [0.25, 0.3) is 0 Å². The molecule has 3 unspecified atom stereocenters. The van der Waals surface area contributed by atoms with Crippen molar-refractivity contribution in [2.45, 2.75) is 43.6 Å². The lowest BCUT2D eigenvalue weighted by Crippen LogP contribution is -2.25. The van der Waals surface area contributed by atoms with E-state index >= 15 is 0 Å². The van der Waals surface area contributed by atoms with Gasteiger partial charge in [0.1, 0.15) is 0 Å². The topological polar surface area (TPSA) is 0 Å². The lowest BCUT2D eigenvalue weighted by atomic mass is 9.79. The van der Waals surface area contributed by atoms with E-state index in [0.29, 0.717) is 16.7 Å². The Morgan fingerprint density at radius 2 is 1.79 bits per heavy atom. The molecule has 0 aromatic heterocycles. The number of alkyl halides is 4. The summed E-state index contributed by atoms with van der Waals surface area (Å²) in [6, 6.07) is 5.60. The molecule has 1 aromatic rings. The van der Waals surface area contributed by atoms with Gasteiger partial charge in [0, 0.05) is 4.83 Å². The monoisotopic (exact) mass is 334 g/mol. The van der Waals surface area contributed by atoms with E-state index in [2.05, 4.69) is 22.9 Å². The summed E-state index contributed by atoms with van der Waals surface area (Å²) in [7, 11) is 0. The second kappa shape index (κ2) is 5.86. The minimum Gasteiger partial charge on any atom is -0.166 e. The summed E-state index contributed by atoms with van der Waals surface area (Å²) in [5.74, 6) is 1.24. The van der Waals surface area contributed by atoms with Crippen molar-refractivity contribution in [3.8, 4) is 0 Å². The Morgan fingerprint density at radius 3 is 2.37 bits per heavy atom. The van der Waals surface area contributed by atoms with Gasteiger partial charge in [-0.3, -0.25) is 0 Å². The summed E-state index contributed by atoms with van der Waals surface area (Å²) < 4.78 is 37.5. The van der Waals surface area contributed by atoms with Crippen LogP contribution in [0.4, 0.5) is 13.2 Å². The number of rotatable bonds is 2. The summed E-state index contributed by atoms with van der Waals surface area (Å²) in [6.07, 6.45) is 0.164. The molecule has 1 aliphatic rings. The third-order valence-electron chi connectivity index (χ3n) is 3.93. The van der Waals surface area contributed by atoms with Gasteiger partial charge in [-0.15, -0.1) is 0 Å². The van der Waals surface area contributed by atoms with Gasteiger partial charge < -0.3 is 0 Å². The number of halogens is 4. The molecule has 0 amide bonds. The summed E-state index contributed by atoms with van der Waals surface area (Å²) in [6.45, 7) is 2.25. The second-order valence-electron chi connectivity index (χ2n) is 5.59. The highest BCUT2D eigenvalue weighted by Crippen LogP contribution is 2.36. The Bertz CT molecular complexity index is 410. The van der Waals surface area contributed by atoms with Crippen LogP contribution in [0.1, 0.15) is 37.3 Å².